The molecule has 0 saturated carbocycles. The van der Waals surface area contributed by atoms with Crippen molar-refractivity contribution in [3.8, 4) is 5.75 Å². The number of nitrogens with two attached hydrogens (primary N) is 1. The summed E-state index contributed by atoms with van der Waals surface area (Å²) in [4.78, 5) is 1.36. The van der Waals surface area contributed by atoms with Crippen molar-refractivity contribution >= 4 is 11.3 Å². The van der Waals surface area contributed by atoms with Crippen LogP contribution in [0.15, 0.2) is 66.0 Å². The van der Waals surface area contributed by atoms with Crippen molar-refractivity contribution in [1.29, 1.82) is 0 Å². The largest absolute Gasteiger partial charge is 0.489 e. The van der Waals surface area contributed by atoms with Gasteiger partial charge in [0.25, 0.3) is 0 Å². The summed E-state index contributed by atoms with van der Waals surface area (Å²) >= 11 is 1.78. The van der Waals surface area contributed by atoms with Crippen LogP contribution in [0, 0.1) is 6.92 Å². The molecule has 1 aromatic heterocycles. The lowest BCUT2D eigenvalue weighted by atomic mass is 9.98. The lowest BCUT2D eigenvalue weighted by Crippen LogP contribution is -2.13. The van der Waals surface area contributed by atoms with Crippen LogP contribution in [-0.2, 0) is 13.0 Å². The van der Waals surface area contributed by atoms with Gasteiger partial charge in [-0.3, -0.25) is 0 Å². The van der Waals surface area contributed by atoms with E-state index in [2.05, 4.69) is 66.9 Å². The number of hydrogen-bond donors (Lipinski definition) is 1. The third kappa shape index (κ3) is 4.25. The SMILES string of the molecule is Cc1ccccc1COc1ccc(CC(CN)c2cccs2)cc1. The molecule has 0 fully saturated rings. The molecule has 3 heteroatoms. The van der Waals surface area contributed by atoms with Crippen molar-refractivity contribution in [2.45, 2.75) is 25.9 Å². The van der Waals surface area contributed by atoms with Gasteiger partial charge < -0.3 is 10.5 Å². The second-order valence-electron chi connectivity index (χ2n) is 6.01. The maximum atomic E-state index is 5.95. The molecule has 0 amide bonds. The molecule has 124 valence electrons. The zero-order chi connectivity index (χ0) is 16.8. The molecule has 0 bridgehead atoms. The second-order valence-corrected chi connectivity index (χ2v) is 6.99. The van der Waals surface area contributed by atoms with E-state index in [0.717, 1.165) is 12.2 Å². The third-order valence-electron chi connectivity index (χ3n) is 4.29. The number of benzene rings is 2. The summed E-state index contributed by atoms with van der Waals surface area (Å²) in [5.41, 5.74) is 9.73. The molecule has 0 aliphatic rings. The highest BCUT2D eigenvalue weighted by atomic mass is 32.1. The van der Waals surface area contributed by atoms with E-state index < -0.39 is 0 Å². The molecule has 24 heavy (non-hydrogen) atoms. The van der Waals surface area contributed by atoms with Gasteiger partial charge >= 0.3 is 0 Å². The quantitative estimate of drug-likeness (QED) is 0.664. The molecule has 0 saturated heterocycles. The normalized spacial score (nSPS) is 12.1. The van der Waals surface area contributed by atoms with Crippen LogP contribution in [0.2, 0.25) is 0 Å². The van der Waals surface area contributed by atoms with Crippen LogP contribution in [0.1, 0.15) is 27.5 Å². The van der Waals surface area contributed by atoms with Gasteiger partial charge in [0.15, 0.2) is 0 Å². The minimum absolute atomic E-state index is 0.392. The van der Waals surface area contributed by atoms with Crippen LogP contribution < -0.4 is 10.5 Å². The molecule has 0 spiro atoms. The minimum Gasteiger partial charge on any atom is -0.489 e. The number of rotatable bonds is 7. The van der Waals surface area contributed by atoms with E-state index in [1.807, 2.05) is 6.07 Å². The molecule has 3 rings (SSSR count). The Kier molecular flexibility index (Phi) is 5.68. The Hall–Kier alpha value is -2.10. The Balaban J connectivity index is 1.60. The van der Waals surface area contributed by atoms with Crippen molar-refractivity contribution in [3.05, 3.63) is 87.6 Å². The molecular formula is C21H23NOS. The molecule has 1 atom stereocenters. The first-order valence-electron chi connectivity index (χ1n) is 8.26. The molecule has 0 aliphatic carbocycles. The molecule has 1 heterocycles. The van der Waals surface area contributed by atoms with Gasteiger partial charge in [0.1, 0.15) is 12.4 Å². The second kappa shape index (κ2) is 8.13. The van der Waals surface area contributed by atoms with Gasteiger partial charge in [0.05, 0.1) is 0 Å². The lowest BCUT2D eigenvalue weighted by molar-refractivity contribution is 0.305. The number of hydrogen-bond acceptors (Lipinski definition) is 3. The first kappa shape index (κ1) is 16.7. The zero-order valence-corrected chi connectivity index (χ0v) is 14.8. The van der Waals surface area contributed by atoms with E-state index in [4.69, 9.17) is 10.5 Å². The summed E-state index contributed by atoms with van der Waals surface area (Å²) in [5, 5.41) is 2.11. The van der Waals surface area contributed by atoms with Crippen molar-refractivity contribution in [1.82, 2.24) is 0 Å². The Bertz CT molecular complexity index is 750. The van der Waals surface area contributed by atoms with Crippen LogP contribution >= 0.6 is 11.3 Å². The van der Waals surface area contributed by atoms with Gasteiger partial charge in [-0.1, -0.05) is 42.5 Å². The van der Waals surface area contributed by atoms with Crippen LogP contribution in [0.4, 0.5) is 0 Å². The fourth-order valence-electron chi connectivity index (χ4n) is 2.76. The topological polar surface area (TPSA) is 35.2 Å². The maximum absolute atomic E-state index is 5.95. The van der Waals surface area contributed by atoms with Crippen LogP contribution in [0.25, 0.3) is 0 Å². The molecular weight excluding hydrogens is 314 g/mol. The van der Waals surface area contributed by atoms with E-state index in [0.29, 0.717) is 19.1 Å². The predicted molar refractivity (Wildman–Crippen MR) is 102 cm³/mol. The Morgan fingerprint density at radius 3 is 2.46 bits per heavy atom. The summed E-state index contributed by atoms with van der Waals surface area (Å²) in [7, 11) is 0. The summed E-state index contributed by atoms with van der Waals surface area (Å²) < 4.78 is 5.91. The summed E-state index contributed by atoms with van der Waals surface area (Å²) in [5.74, 6) is 1.30. The average Bonchev–Trinajstić information content (AvgIpc) is 3.14. The Morgan fingerprint density at radius 2 is 1.79 bits per heavy atom. The third-order valence-corrected chi connectivity index (χ3v) is 5.33. The number of thiophene rings is 1. The summed E-state index contributed by atoms with van der Waals surface area (Å²) in [6.45, 7) is 3.39. The van der Waals surface area contributed by atoms with E-state index >= 15 is 0 Å². The average molecular weight is 337 g/mol. The summed E-state index contributed by atoms with van der Waals surface area (Å²) in [6.07, 6.45) is 0.967. The van der Waals surface area contributed by atoms with Crippen LogP contribution in [-0.4, -0.2) is 6.54 Å². The number of ether oxygens (including phenoxy) is 1. The van der Waals surface area contributed by atoms with Crippen molar-refractivity contribution in [3.63, 3.8) is 0 Å². The molecule has 2 N–H and O–H groups in total. The molecule has 2 aromatic carbocycles. The van der Waals surface area contributed by atoms with Gasteiger partial charge in [-0.05, 0) is 53.6 Å². The lowest BCUT2D eigenvalue weighted by Gasteiger charge is -2.14. The highest BCUT2D eigenvalue weighted by Gasteiger charge is 2.11. The molecule has 1 unspecified atom stereocenters. The zero-order valence-electron chi connectivity index (χ0n) is 13.9. The van der Waals surface area contributed by atoms with Gasteiger partial charge in [0.2, 0.25) is 0 Å². The van der Waals surface area contributed by atoms with E-state index in [1.165, 1.54) is 21.6 Å². The van der Waals surface area contributed by atoms with E-state index in [9.17, 15) is 0 Å². The highest BCUT2D eigenvalue weighted by Crippen LogP contribution is 2.25. The van der Waals surface area contributed by atoms with E-state index in [1.54, 1.807) is 11.3 Å². The monoisotopic (exact) mass is 337 g/mol. The van der Waals surface area contributed by atoms with Gasteiger partial charge in [-0.2, -0.15) is 0 Å². The van der Waals surface area contributed by atoms with Crippen molar-refractivity contribution in [2.24, 2.45) is 5.73 Å². The first-order valence-corrected chi connectivity index (χ1v) is 9.14. The minimum atomic E-state index is 0.392. The molecule has 0 radical (unpaired) electrons. The van der Waals surface area contributed by atoms with Crippen molar-refractivity contribution in [2.75, 3.05) is 6.54 Å². The fraction of sp³-hybridized carbons (Fsp3) is 0.238. The highest BCUT2D eigenvalue weighted by molar-refractivity contribution is 7.10. The fourth-order valence-corrected chi connectivity index (χ4v) is 3.61. The molecule has 3 aromatic rings. The maximum Gasteiger partial charge on any atom is 0.119 e. The van der Waals surface area contributed by atoms with Gasteiger partial charge in [0, 0.05) is 17.3 Å². The van der Waals surface area contributed by atoms with Crippen LogP contribution in [0.3, 0.4) is 0 Å². The smallest absolute Gasteiger partial charge is 0.119 e. The van der Waals surface area contributed by atoms with Crippen LogP contribution in [0.5, 0.6) is 5.75 Å². The standard InChI is InChI=1S/C21H23NOS/c1-16-5-2-3-6-18(16)15-23-20-10-8-17(9-11-20)13-19(14-22)21-7-4-12-24-21/h2-12,19H,13-15,22H2,1H3. The Labute approximate surface area is 147 Å². The van der Waals surface area contributed by atoms with Gasteiger partial charge in [-0.15, -0.1) is 11.3 Å². The Morgan fingerprint density at radius 1 is 1.00 bits per heavy atom. The molecule has 2 nitrogen and oxygen atoms in total. The summed E-state index contributed by atoms with van der Waals surface area (Å²) in [6, 6.07) is 21.0. The number of aryl methyl sites for hydroxylation is 1. The van der Waals surface area contributed by atoms with Crippen molar-refractivity contribution < 1.29 is 4.74 Å². The first-order chi connectivity index (χ1) is 11.8. The predicted octanol–water partition coefficient (Wildman–Crippen LogP) is 4.92. The van der Waals surface area contributed by atoms with Gasteiger partial charge in [-0.25, -0.2) is 0 Å². The molecule has 0 aliphatic heterocycles. The van der Waals surface area contributed by atoms with E-state index in [-0.39, 0.29) is 0 Å².